The normalized spacial score (nSPS) is 9.64. The van der Waals surface area contributed by atoms with E-state index in [0.29, 0.717) is 5.56 Å². The molecule has 0 bridgehead atoms. The molecule has 1 heterocycles. The third kappa shape index (κ3) is 1.61. The van der Waals surface area contributed by atoms with Gasteiger partial charge in [-0.2, -0.15) is 0 Å². The predicted molar refractivity (Wildman–Crippen MR) is 48.2 cm³/mol. The molecule has 5 heteroatoms. The Balaban J connectivity index is 3.19. The lowest BCUT2D eigenvalue weighted by Crippen LogP contribution is -2.11. The SMILES string of the molecule is COC(=O)c1[nH]cc(C)c1C(=O)OC. The predicted octanol–water partition coefficient (Wildman–Crippen LogP) is 0.896. The Morgan fingerprint density at radius 3 is 2.29 bits per heavy atom. The molecule has 0 unspecified atom stereocenters. The van der Waals surface area contributed by atoms with Gasteiger partial charge in [-0.3, -0.25) is 0 Å². The molecule has 0 spiro atoms. The Morgan fingerprint density at radius 2 is 1.79 bits per heavy atom. The van der Waals surface area contributed by atoms with E-state index in [1.807, 2.05) is 0 Å². The van der Waals surface area contributed by atoms with Crippen LogP contribution in [0.1, 0.15) is 26.4 Å². The molecule has 1 aromatic heterocycles. The summed E-state index contributed by atoms with van der Waals surface area (Å²) in [5.74, 6) is -1.14. The number of aryl methyl sites for hydroxylation is 1. The summed E-state index contributed by atoms with van der Waals surface area (Å²) in [6, 6.07) is 0. The molecule has 0 fully saturated rings. The summed E-state index contributed by atoms with van der Waals surface area (Å²) in [5, 5.41) is 0. The fraction of sp³-hybridized carbons (Fsp3) is 0.333. The van der Waals surface area contributed by atoms with Gasteiger partial charge in [0.25, 0.3) is 0 Å². The molecular weight excluding hydrogens is 186 g/mol. The molecule has 0 atom stereocenters. The summed E-state index contributed by atoms with van der Waals surface area (Å²) in [4.78, 5) is 25.2. The number of methoxy groups -OCH3 is 2. The second kappa shape index (κ2) is 3.95. The van der Waals surface area contributed by atoms with E-state index in [-0.39, 0.29) is 11.3 Å². The van der Waals surface area contributed by atoms with Crippen molar-refractivity contribution in [2.45, 2.75) is 6.92 Å². The van der Waals surface area contributed by atoms with Gasteiger partial charge < -0.3 is 14.5 Å². The fourth-order valence-corrected chi connectivity index (χ4v) is 1.15. The van der Waals surface area contributed by atoms with Gasteiger partial charge in [0, 0.05) is 6.20 Å². The lowest BCUT2D eigenvalue weighted by molar-refractivity contribution is 0.0551. The molecule has 76 valence electrons. The number of aromatic amines is 1. The van der Waals surface area contributed by atoms with Crippen LogP contribution in [-0.2, 0) is 9.47 Å². The van der Waals surface area contributed by atoms with Crippen LogP contribution in [-0.4, -0.2) is 31.1 Å². The fourth-order valence-electron chi connectivity index (χ4n) is 1.15. The Morgan fingerprint density at radius 1 is 1.21 bits per heavy atom. The van der Waals surface area contributed by atoms with Crippen LogP contribution in [0.3, 0.4) is 0 Å². The van der Waals surface area contributed by atoms with Crippen molar-refractivity contribution in [2.24, 2.45) is 0 Å². The van der Waals surface area contributed by atoms with E-state index in [2.05, 4.69) is 14.5 Å². The first-order valence-corrected chi connectivity index (χ1v) is 3.96. The number of ether oxygens (including phenoxy) is 2. The van der Waals surface area contributed by atoms with Crippen molar-refractivity contribution < 1.29 is 19.1 Å². The lowest BCUT2D eigenvalue weighted by Gasteiger charge is -2.01. The van der Waals surface area contributed by atoms with Crippen LogP contribution in [0.2, 0.25) is 0 Å². The number of rotatable bonds is 2. The Labute approximate surface area is 81.0 Å². The highest BCUT2D eigenvalue weighted by Gasteiger charge is 2.22. The van der Waals surface area contributed by atoms with Gasteiger partial charge in [-0.15, -0.1) is 0 Å². The van der Waals surface area contributed by atoms with E-state index in [9.17, 15) is 9.59 Å². The Hall–Kier alpha value is -1.78. The second-order valence-electron chi connectivity index (χ2n) is 2.70. The number of hydrogen-bond acceptors (Lipinski definition) is 4. The zero-order valence-corrected chi connectivity index (χ0v) is 8.21. The van der Waals surface area contributed by atoms with Crippen LogP contribution >= 0.6 is 0 Å². The molecule has 0 aliphatic carbocycles. The molecule has 0 saturated heterocycles. The van der Waals surface area contributed by atoms with Crippen molar-refractivity contribution in [3.05, 3.63) is 23.0 Å². The minimum atomic E-state index is -0.585. The monoisotopic (exact) mass is 197 g/mol. The van der Waals surface area contributed by atoms with Gasteiger partial charge in [0.2, 0.25) is 0 Å². The van der Waals surface area contributed by atoms with Gasteiger partial charge in [-0.05, 0) is 12.5 Å². The largest absolute Gasteiger partial charge is 0.465 e. The molecule has 1 N–H and O–H groups in total. The maximum Gasteiger partial charge on any atom is 0.355 e. The zero-order valence-electron chi connectivity index (χ0n) is 8.21. The van der Waals surface area contributed by atoms with Gasteiger partial charge in [0.15, 0.2) is 0 Å². The maximum atomic E-state index is 11.3. The number of carbonyl (C=O) groups excluding carboxylic acids is 2. The minimum absolute atomic E-state index is 0.122. The topological polar surface area (TPSA) is 68.4 Å². The minimum Gasteiger partial charge on any atom is -0.465 e. The molecule has 1 aromatic rings. The number of H-pyrrole nitrogens is 1. The molecule has 5 nitrogen and oxygen atoms in total. The molecule has 0 saturated carbocycles. The smallest absolute Gasteiger partial charge is 0.355 e. The number of carbonyl (C=O) groups is 2. The van der Waals surface area contributed by atoms with Crippen LogP contribution in [0.15, 0.2) is 6.20 Å². The van der Waals surface area contributed by atoms with Gasteiger partial charge >= 0.3 is 11.9 Å². The summed E-state index contributed by atoms with van der Waals surface area (Å²) in [5.41, 5.74) is 0.994. The van der Waals surface area contributed by atoms with E-state index >= 15 is 0 Å². The van der Waals surface area contributed by atoms with E-state index in [4.69, 9.17) is 0 Å². The van der Waals surface area contributed by atoms with Crippen molar-refractivity contribution in [3.8, 4) is 0 Å². The van der Waals surface area contributed by atoms with E-state index in [0.717, 1.165) is 0 Å². The third-order valence-electron chi connectivity index (χ3n) is 1.86. The molecule has 0 amide bonds. The highest BCUT2D eigenvalue weighted by Crippen LogP contribution is 2.15. The number of esters is 2. The van der Waals surface area contributed by atoms with E-state index in [1.54, 1.807) is 13.1 Å². The first-order valence-electron chi connectivity index (χ1n) is 3.96. The average Bonchev–Trinajstić information content (AvgIpc) is 2.58. The van der Waals surface area contributed by atoms with Crippen molar-refractivity contribution in [1.29, 1.82) is 0 Å². The number of nitrogens with one attached hydrogen (secondary N) is 1. The van der Waals surface area contributed by atoms with Gasteiger partial charge in [0.05, 0.1) is 19.8 Å². The molecule has 0 radical (unpaired) electrons. The summed E-state index contributed by atoms with van der Waals surface area (Å²) in [6.45, 7) is 1.70. The standard InChI is InChI=1S/C9H11NO4/c1-5-4-10-7(9(12)14-3)6(5)8(11)13-2/h4,10H,1-3H3. The summed E-state index contributed by atoms with van der Waals surface area (Å²) in [6.07, 6.45) is 1.55. The molecule has 0 aromatic carbocycles. The van der Waals surface area contributed by atoms with Crippen molar-refractivity contribution >= 4 is 11.9 Å². The van der Waals surface area contributed by atoms with Gasteiger partial charge in [0.1, 0.15) is 5.69 Å². The van der Waals surface area contributed by atoms with Gasteiger partial charge in [-0.25, -0.2) is 9.59 Å². The van der Waals surface area contributed by atoms with Gasteiger partial charge in [-0.1, -0.05) is 0 Å². The van der Waals surface area contributed by atoms with Crippen LogP contribution < -0.4 is 0 Å². The summed E-state index contributed by atoms with van der Waals surface area (Å²) >= 11 is 0. The van der Waals surface area contributed by atoms with Crippen LogP contribution in [0.4, 0.5) is 0 Å². The quantitative estimate of drug-likeness (QED) is 0.715. The Kier molecular flexibility index (Phi) is 2.91. The number of hydrogen-bond donors (Lipinski definition) is 1. The summed E-state index contributed by atoms with van der Waals surface area (Å²) < 4.78 is 9.05. The highest BCUT2D eigenvalue weighted by molar-refractivity contribution is 6.03. The number of aromatic nitrogens is 1. The van der Waals surface area contributed by atoms with Crippen LogP contribution in [0, 0.1) is 6.92 Å². The zero-order chi connectivity index (χ0) is 10.7. The molecule has 1 rings (SSSR count). The first-order chi connectivity index (χ1) is 6.61. The van der Waals surface area contributed by atoms with Crippen LogP contribution in [0.25, 0.3) is 0 Å². The molecular formula is C9H11NO4. The molecule has 14 heavy (non-hydrogen) atoms. The molecule has 0 aliphatic rings. The van der Waals surface area contributed by atoms with E-state index < -0.39 is 11.9 Å². The van der Waals surface area contributed by atoms with Crippen molar-refractivity contribution in [2.75, 3.05) is 14.2 Å². The van der Waals surface area contributed by atoms with Crippen molar-refractivity contribution in [3.63, 3.8) is 0 Å². The van der Waals surface area contributed by atoms with Crippen LogP contribution in [0.5, 0.6) is 0 Å². The lowest BCUT2D eigenvalue weighted by atomic mass is 10.1. The first kappa shape index (κ1) is 10.3. The molecule has 0 aliphatic heterocycles. The third-order valence-corrected chi connectivity index (χ3v) is 1.86. The average molecular weight is 197 g/mol. The Bertz CT molecular complexity index is 367. The maximum absolute atomic E-state index is 11.3. The summed E-state index contributed by atoms with van der Waals surface area (Å²) in [7, 11) is 2.51. The van der Waals surface area contributed by atoms with E-state index in [1.165, 1.54) is 14.2 Å². The van der Waals surface area contributed by atoms with Crippen molar-refractivity contribution in [1.82, 2.24) is 4.98 Å². The highest BCUT2D eigenvalue weighted by atomic mass is 16.5. The second-order valence-corrected chi connectivity index (χ2v) is 2.70.